The van der Waals surface area contributed by atoms with E-state index in [9.17, 15) is 14.7 Å². The Bertz CT molecular complexity index is 516. The molecule has 0 atom stereocenters. The molecule has 0 aliphatic heterocycles. The maximum absolute atomic E-state index is 12.0. The third kappa shape index (κ3) is 3.25. The summed E-state index contributed by atoms with van der Waals surface area (Å²) in [6, 6.07) is 4.30. The van der Waals surface area contributed by atoms with Crippen molar-refractivity contribution in [1.82, 2.24) is 4.90 Å². The number of hydrogen-bond acceptors (Lipinski definition) is 3. The molecule has 0 aromatic heterocycles. The molecule has 1 aromatic carbocycles. The first kappa shape index (κ1) is 13.6. The zero-order valence-corrected chi connectivity index (χ0v) is 9.88. The molecular formula is C13H13NO4. The van der Waals surface area contributed by atoms with Crippen LogP contribution in [0.25, 0.3) is 0 Å². The van der Waals surface area contributed by atoms with Crippen molar-refractivity contribution in [2.45, 2.75) is 6.92 Å². The quantitative estimate of drug-likeness (QED) is 0.773. The summed E-state index contributed by atoms with van der Waals surface area (Å²) in [4.78, 5) is 23.7. The summed E-state index contributed by atoms with van der Waals surface area (Å²) < 4.78 is 0. The number of rotatable bonds is 4. The number of aryl methyl sites for hydroxylation is 1. The molecule has 0 saturated heterocycles. The van der Waals surface area contributed by atoms with E-state index in [-0.39, 0.29) is 12.3 Å². The smallest absolute Gasteiger partial charge is 0.323 e. The number of hydrogen-bond donors (Lipinski definition) is 2. The average molecular weight is 247 g/mol. The number of carboxylic acids is 1. The van der Waals surface area contributed by atoms with Crippen LogP contribution in [0.4, 0.5) is 0 Å². The molecule has 0 aliphatic carbocycles. The van der Waals surface area contributed by atoms with E-state index in [0.717, 1.165) is 4.90 Å². The number of nitrogens with zero attached hydrogens (tertiary/aromatic N) is 1. The highest BCUT2D eigenvalue weighted by molar-refractivity contribution is 5.96. The van der Waals surface area contributed by atoms with E-state index in [1.807, 2.05) is 0 Å². The van der Waals surface area contributed by atoms with Gasteiger partial charge in [0.25, 0.3) is 5.91 Å². The third-order valence-corrected chi connectivity index (χ3v) is 2.34. The van der Waals surface area contributed by atoms with Crippen LogP contribution in [-0.2, 0) is 4.79 Å². The van der Waals surface area contributed by atoms with Crippen molar-refractivity contribution >= 4 is 11.9 Å². The highest BCUT2D eigenvalue weighted by Gasteiger charge is 2.18. The Balaban J connectivity index is 2.98. The van der Waals surface area contributed by atoms with Crippen LogP contribution in [-0.4, -0.2) is 40.1 Å². The van der Waals surface area contributed by atoms with E-state index in [2.05, 4.69) is 5.92 Å². The van der Waals surface area contributed by atoms with Gasteiger partial charge in [0.05, 0.1) is 6.54 Å². The van der Waals surface area contributed by atoms with Crippen LogP contribution < -0.4 is 0 Å². The van der Waals surface area contributed by atoms with Gasteiger partial charge in [-0.2, -0.15) is 0 Å². The number of phenols is 1. The Morgan fingerprint density at radius 2 is 2.11 bits per heavy atom. The molecule has 0 heterocycles. The minimum atomic E-state index is -1.13. The molecule has 0 radical (unpaired) electrons. The van der Waals surface area contributed by atoms with Crippen LogP contribution in [0, 0.1) is 19.3 Å². The second-order valence-electron chi connectivity index (χ2n) is 3.76. The van der Waals surface area contributed by atoms with Gasteiger partial charge in [0, 0.05) is 5.56 Å². The standard InChI is InChI=1S/C13H13NO4/c1-3-6-14(8-12(16)17)13(18)10-4-5-11(15)9(2)7-10/h1,4-5,7,15H,6,8H2,2H3,(H,16,17). The lowest BCUT2D eigenvalue weighted by Gasteiger charge is -2.18. The fraction of sp³-hybridized carbons (Fsp3) is 0.231. The number of benzene rings is 1. The van der Waals surface area contributed by atoms with E-state index < -0.39 is 18.4 Å². The highest BCUT2D eigenvalue weighted by atomic mass is 16.4. The Kier molecular flexibility index (Phi) is 4.33. The molecule has 1 aromatic rings. The van der Waals surface area contributed by atoms with E-state index in [0.29, 0.717) is 11.1 Å². The van der Waals surface area contributed by atoms with Gasteiger partial charge in [-0.1, -0.05) is 5.92 Å². The number of carboxylic acid groups (broad SMARTS) is 1. The zero-order valence-electron chi connectivity index (χ0n) is 9.88. The van der Waals surface area contributed by atoms with Gasteiger partial charge >= 0.3 is 5.97 Å². The van der Waals surface area contributed by atoms with Crippen molar-refractivity contribution in [3.63, 3.8) is 0 Å². The van der Waals surface area contributed by atoms with E-state index in [1.165, 1.54) is 18.2 Å². The predicted octanol–water partition coefficient (Wildman–Crippen LogP) is 0.861. The number of amides is 1. The van der Waals surface area contributed by atoms with Crippen LogP contribution in [0.5, 0.6) is 5.75 Å². The number of phenolic OH excluding ortho intramolecular Hbond substituents is 1. The Morgan fingerprint density at radius 3 is 2.61 bits per heavy atom. The fourth-order valence-corrected chi connectivity index (χ4v) is 1.44. The fourth-order valence-electron chi connectivity index (χ4n) is 1.44. The number of carbonyl (C=O) groups excluding carboxylic acids is 1. The van der Waals surface area contributed by atoms with Crippen LogP contribution in [0.3, 0.4) is 0 Å². The minimum absolute atomic E-state index is 0.0771. The van der Waals surface area contributed by atoms with Crippen LogP contribution >= 0.6 is 0 Å². The molecule has 2 N–H and O–H groups in total. The van der Waals surface area contributed by atoms with Gasteiger partial charge in [-0.3, -0.25) is 9.59 Å². The van der Waals surface area contributed by atoms with Gasteiger partial charge in [-0.15, -0.1) is 6.42 Å². The number of aliphatic carboxylic acids is 1. The lowest BCUT2D eigenvalue weighted by Crippen LogP contribution is -2.36. The Labute approximate surface area is 105 Å². The SMILES string of the molecule is C#CCN(CC(=O)O)C(=O)c1ccc(O)c(C)c1. The summed E-state index contributed by atoms with van der Waals surface area (Å²) in [5, 5.41) is 18.1. The lowest BCUT2D eigenvalue weighted by atomic mass is 10.1. The molecule has 0 spiro atoms. The maximum atomic E-state index is 12.0. The molecule has 0 fully saturated rings. The summed E-state index contributed by atoms with van der Waals surface area (Å²) in [7, 11) is 0. The number of terminal acetylenes is 1. The molecule has 0 bridgehead atoms. The van der Waals surface area contributed by atoms with E-state index in [1.54, 1.807) is 6.92 Å². The van der Waals surface area contributed by atoms with Crippen LogP contribution in [0.2, 0.25) is 0 Å². The lowest BCUT2D eigenvalue weighted by molar-refractivity contribution is -0.137. The van der Waals surface area contributed by atoms with Crippen molar-refractivity contribution in [1.29, 1.82) is 0 Å². The summed E-state index contributed by atoms with van der Waals surface area (Å²) in [6.45, 7) is 1.11. The second-order valence-corrected chi connectivity index (χ2v) is 3.76. The maximum Gasteiger partial charge on any atom is 0.323 e. The second kappa shape index (κ2) is 5.73. The molecule has 0 unspecified atom stereocenters. The van der Waals surface area contributed by atoms with Crippen molar-refractivity contribution in [3.8, 4) is 18.1 Å². The predicted molar refractivity (Wildman–Crippen MR) is 65.2 cm³/mol. The summed E-state index contributed by atoms with van der Waals surface area (Å²) in [6.07, 6.45) is 5.10. The minimum Gasteiger partial charge on any atom is -0.508 e. The van der Waals surface area contributed by atoms with Gasteiger partial charge in [0.2, 0.25) is 0 Å². The van der Waals surface area contributed by atoms with Crippen molar-refractivity contribution in [2.24, 2.45) is 0 Å². The topological polar surface area (TPSA) is 77.8 Å². The van der Waals surface area contributed by atoms with Crippen LogP contribution in [0.1, 0.15) is 15.9 Å². The van der Waals surface area contributed by atoms with Crippen molar-refractivity contribution in [2.75, 3.05) is 13.1 Å². The van der Waals surface area contributed by atoms with Crippen LogP contribution in [0.15, 0.2) is 18.2 Å². The molecule has 5 heteroatoms. The molecule has 0 aliphatic rings. The van der Waals surface area contributed by atoms with Crippen molar-refractivity contribution in [3.05, 3.63) is 29.3 Å². The van der Waals surface area contributed by atoms with Gasteiger partial charge < -0.3 is 15.1 Å². The van der Waals surface area contributed by atoms with Gasteiger partial charge in [0.1, 0.15) is 12.3 Å². The van der Waals surface area contributed by atoms with Gasteiger partial charge in [0.15, 0.2) is 0 Å². The van der Waals surface area contributed by atoms with Gasteiger partial charge in [-0.25, -0.2) is 0 Å². The average Bonchev–Trinajstić information content (AvgIpc) is 2.31. The summed E-state index contributed by atoms with van der Waals surface area (Å²) in [5.41, 5.74) is 0.832. The first-order valence-corrected chi connectivity index (χ1v) is 5.20. The normalized spacial score (nSPS) is 9.56. The van der Waals surface area contributed by atoms with E-state index >= 15 is 0 Å². The largest absolute Gasteiger partial charge is 0.508 e. The number of carbonyl (C=O) groups is 2. The molecule has 18 heavy (non-hydrogen) atoms. The van der Waals surface area contributed by atoms with Gasteiger partial charge in [-0.05, 0) is 30.7 Å². The molecule has 1 amide bonds. The number of aromatic hydroxyl groups is 1. The molecule has 0 saturated carbocycles. The van der Waals surface area contributed by atoms with Crippen molar-refractivity contribution < 1.29 is 19.8 Å². The monoisotopic (exact) mass is 247 g/mol. The first-order valence-electron chi connectivity index (χ1n) is 5.20. The summed E-state index contributed by atoms with van der Waals surface area (Å²) in [5.74, 6) is 0.715. The first-order chi connectivity index (χ1) is 8.45. The van der Waals surface area contributed by atoms with E-state index in [4.69, 9.17) is 11.5 Å². The molecule has 5 nitrogen and oxygen atoms in total. The summed E-state index contributed by atoms with van der Waals surface area (Å²) >= 11 is 0. The molecule has 1 rings (SSSR count). The Morgan fingerprint density at radius 1 is 1.44 bits per heavy atom. The highest BCUT2D eigenvalue weighted by Crippen LogP contribution is 2.18. The molecular weight excluding hydrogens is 234 g/mol. The Hall–Kier alpha value is -2.48. The zero-order chi connectivity index (χ0) is 13.7. The third-order valence-electron chi connectivity index (χ3n) is 2.34. The molecule has 94 valence electrons.